The van der Waals surface area contributed by atoms with Gasteiger partial charge in [-0.3, -0.25) is 4.68 Å². The summed E-state index contributed by atoms with van der Waals surface area (Å²) in [5, 5.41) is 12.4. The number of rotatable bonds is 5. The highest BCUT2D eigenvalue weighted by Crippen LogP contribution is 2.27. The molecule has 0 unspecified atom stereocenters. The number of ether oxygens (including phenoxy) is 1. The van der Waals surface area contributed by atoms with Crippen LogP contribution in [-0.2, 0) is 6.54 Å². The Morgan fingerprint density at radius 3 is 2.48 bits per heavy atom. The minimum absolute atomic E-state index is 0.353. The molecule has 0 saturated carbocycles. The second kappa shape index (κ2) is 8.80. The number of anilines is 2. The van der Waals surface area contributed by atoms with Gasteiger partial charge in [-0.05, 0) is 36.5 Å². The first kappa shape index (κ1) is 19.8. The maximum Gasteiger partial charge on any atom is 0.176 e. The van der Waals surface area contributed by atoms with Crippen molar-refractivity contribution in [1.82, 2.24) is 9.78 Å². The summed E-state index contributed by atoms with van der Waals surface area (Å²) in [6.45, 7) is 0.385. The van der Waals surface area contributed by atoms with Gasteiger partial charge in [0.25, 0.3) is 0 Å². The fourth-order valence-electron chi connectivity index (χ4n) is 2.38. The molecule has 0 aliphatic carbocycles. The fraction of sp³-hybridized carbons (Fsp3) is 0.111. The second-order valence-corrected chi connectivity index (χ2v) is 7.16. The largest absolute Gasteiger partial charge is 0.497 e. The van der Waals surface area contributed by atoms with E-state index in [1.165, 1.54) is 0 Å². The topological polar surface area (TPSA) is 51.1 Å². The van der Waals surface area contributed by atoms with Crippen molar-refractivity contribution in [3.8, 4) is 5.75 Å². The Morgan fingerprint density at radius 2 is 1.78 bits per heavy atom. The van der Waals surface area contributed by atoms with Crippen LogP contribution in [0, 0.1) is 0 Å². The molecule has 0 radical (unpaired) electrons. The van der Waals surface area contributed by atoms with Gasteiger partial charge in [0.2, 0.25) is 0 Å². The first-order valence-electron chi connectivity index (χ1n) is 7.84. The molecule has 0 spiro atoms. The van der Waals surface area contributed by atoms with Crippen LogP contribution in [0.2, 0.25) is 15.1 Å². The van der Waals surface area contributed by atoms with Crippen LogP contribution in [-0.4, -0.2) is 22.0 Å². The van der Waals surface area contributed by atoms with Crippen LogP contribution in [0.4, 0.5) is 11.5 Å². The van der Waals surface area contributed by atoms with Crippen molar-refractivity contribution in [2.24, 2.45) is 0 Å². The maximum atomic E-state index is 6.27. The lowest BCUT2D eigenvalue weighted by Crippen LogP contribution is -2.19. The Balaban J connectivity index is 1.70. The average Bonchev–Trinajstić information content (AvgIpc) is 2.97. The molecule has 0 saturated heterocycles. The van der Waals surface area contributed by atoms with Gasteiger partial charge in [-0.1, -0.05) is 46.9 Å². The van der Waals surface area contributed by atoms with Crippen molar-refractivity contribution < 1.29 is 4.74 Å². The van der Waals surface area contributed by atoms with Crippen molar-refractivity contribution in [2.75, 3.05) is 17.7 Å². The van der Waals surface area contributed by atoms with E-state index in [1.807, 2.05) is 24.3 Å². The molecule has 2 N–H and O–H groups in total. The summed E-state index contributed by atoms with van der Waals surface area (Å²) in [6, 6.07) is 12.8. The normalized spacial score (nSPS) is 10.5. The summed E-state index contributed by atoms with van der Waals surface area (Å²) in [4.78, 5) is 0. The molecule has 5 nitrogen and oxygen atoms in total. The van der Waals surface area contributed by atoms with Crippen molar-refractivity contribution in [3.05, 3.63) is 69.3 Å². The minimum atomic E-state index is 0.353. The minimum Gasteiger partial charge on any atom is -0.497 e. The first-order chi connectivity index (χ1) is 13.0. The van der Waals surface area contributed by atoms with Gasteiger partial charge in [-0.2, -0.15) is 5.10 Å². The molecule has 3 aromatic rings. The molecule has 0 amide bonds. The lowest BCUT2D eigenvalue weighted by atomic mass is 10.2. The summed E-state index contributed by atoms with van der Waals surface area (Å²) < 4.78 is 6.84. The van der Waals surface area contributed by atoms with E-state index < -0.39 is 0 Å². The van der Waals surface area contributed by atoms with Gasteiger partial charge in [0, 0.05) is 33.6 Å². The van der Waals surface area contributed by atoms with Crippen LogP contribution in [0.25, 0.3) is 0 Å². The Morgan fingerprint density at radius 1 is 1.07 bits per heavy atom. The van der Waals surface area contributed by atoms with Crippen molar-refractivity contribution >= 4 is 63.6 Å². The Labute approximate surface area is 177 Å². The van der Waals surface area contributed by atoms with Crippen LogP contribution in [0.15, 0.2) is 48.7 Å². The quantitative estimate of drug-likeness (QED) is 0.497. The molecular weight excluding hydrogens is 427 g/mol. The zero-order valence-electron chi connectivity index (χ0n) is 14.2. The van der Waals surface area contributed by atoms with E-state index in [1.54, 1.807) is 36.2 Å². The van der Waals surface area contributed by atoms with Crippen LogP contribution in [0.5, 0.6) is 5.75 Å². The highest BCUT2D eigenvalue weighted by Gasteiger charge is 2.12. The molecule has 9 heteroatoms. The molecule has 0 aliphatic rings. The van der Waals surface area contributed by atoms with Crippen molar-refractivity contribution in [3.63, 3.8) is 0 Å². The second-order valence-electron chi connectivity index (χ2n) is 5.53. The third-order valence-electron chi connectivity index (χ3n) is 3.66. The number of thiocarbonyl (C=S) groups is 1. The predicted octanol–water partition coefficient (Wildman–Crippen LogP) is 5.71. The van der Waals surface area contributed by atoms with E-state index in [9.17, 15) is 0 Å². The molecule has 0 aliphatic heterocycles. The van der Waals surface area contributed by atoms with E-state index in [4.69, 9.17) is 51.8 Å². The molecule has 140 valence electrons. The van der Waals surface area contributed by atoms with Gasteiger partial charge in [0.15, 0.2) is 10.9 Å². The smallest absolute Gasteiger partial charge is 0.176 e. The van der Waals surface area contributed by atoms with E-state index >= 15 is 0 Å². The number of hydrogen-bond donors (Lipinski definition) is 2. The number of methoxy groups -OCH3 is 1. The summed E-state index contributed by atoms with van der Waals surface area (Å²) in [5.41, 5.74) is 1.55. The van der Waals surface area contributed by atoms with Gasteiger partial charge >= 0.3 is 0 Å². The molecule has 1 heterocycles. The van der Waals surface area contributed by atoms with Crippen LogP contribution < -0.4 is 15.4 Å². The first-order valence-corrected chi connectivity index (χ1v) is 9.38. The fourth-order valence-corrected chi connectivity index (χ4v) is 3.31. The third-order valence-corrected chi connectivity index (χ3v) is 4.85. The third kappa shape index (κ3) is 5.05. The van der Waals surface area contributed by atoms with E-state index in [0.29, 0.717) is 32.5 Å². The zero-order chi connectivity index (χ0) is 19.4. The SMILES string of the molecule is COc1cccc(NC(=S)Nc2nn(Cc3c(Cl)cccc3Cl)cc2Cl)c1. The van der Waals surface area contributed by atoms with Gasteiger partial charge in [-0.25, -0.2) is 0 Å². The summed E-state index contributed by atoms with van der Waals surface area (Å²) in [5.74, 6) is 1.15. The molecule has 0 fully saturated rings. The predicted molar refractivity (Wildman–Crippen MR) is 116 cm³/mol. The number of halogens is 3. The molecule has 27 heavy (non-hydrogen) atoms. The Hall–Kier alpha value is -1.99. The molecule has 1 aromatic heterocycles. The number of nitrogens with zero attached hydrogens (tertiary/aromatic N) is 2. The van der Waals surface area contributed by atoms with Gasteiger partial charge in [0.1, 0.15) is 10.8 Å². The Bertz CT molecular complexity index is 957. The highest BCUT2D eigenvalue weighted by molar-refractivity contribution is 7.80. The number of benzene rings is 2. The maximum absolute atomic E-state index is 6.27. The molecule has 3 rings (SSSR count). The van der Waals surface area contributed by atoms with Crippen molar-refractivity contribution in [2.45, 2.75) is 6.54 Å². The van der Waals surface area contributed by atoms with Gasteiger partial charge < -0.3 is 15.4 Å². The standard InChI is InChI=1S/C18H15Cl3N4OS/c1-26-12-5-2-4-11(8-12)22-18(27)23-17-16(21)10-25(24-17)9-13-14(19)6-3-7-15(13)20/h2-8,10H,9H2,1H3,(H2,22,23,24,27). The van der Waals surface area contributed by atoms with E-state index in [2.05, 4.69) is 15.7 Å². The monoisotopic (exact) mass is 440 g/mol. The number of aromatic nitrogens is 2. The lowest BCUT2D eigenvalue weighted by molar-refractivity contribution is 0.415. The molecule has 0 atom stereocenters. The van der Waals surface area contributed by atoms with E-state index in [-0.39, 0.29) is 0 Å². The summed E-state index contributed by atoms with van der Waals surface area (Å²) in [6.07, 6.45) is 1.68. The molecule has 2 aromatic carbocycles. The summed E-state index contributed by atoms with van der Waals surface area (Å²) >= 11 is 24.0. The van der Waals surface area contributed by atoms with Crippen molar-refractivity contribution in [1.29, 1.82) is 0 Å². The van der Waals surface area contributed by atoms with Crippen LogP contribution in [0.3, 0.4) is 0 Å². The summed E-state index contributed by atoms with van der Waals surface area (Å²) in [7, 11) is 1.60. The molecule has 0 bridgehead atoms. The average molecular weight is 442 g/mol. The Kier molecular flexibility index (Phi) is 6.44. The lowest BCUT2D eigenvalue weighted by Gasteiger charge is -2.10. The van der Waals surface area contributed by atoms with E-state index in [0.717, 1.165) is 17.0 Å². The van der Waals surface area contributed by atoms with Gasteiger partial charge in [0.05, 0.1) is 13.7 Å². The number of hydrogen-bond acceptors (Lipinski definition) is 3. The van der Waals surface area contributed by atoms with Crippen LogP contribution in [0.1, 0.15) is 5.56 Å². The zero-order valence-corrected chi connectivity index (χ0v) is 17.3. The molecular formula is C18H15Cl3N4OS. The van der Waals surface area contributed by atoms with Crippen LogP contribution >= 0.6 is 47.0 Å². The highest BCUT2D eigenvalue weighted by atomic mass is 35.5. The number of nitrogens with one attached hydrogen (secondary N) is 2. The van der Waals surface area contributed by atoms with Gasteiger partial charge in [-0.15, -0.1) is 0 Å².